The fourth-order valence-corrected chi connectivity index (χ4v) is 2.09. The maximum Gasteiger partial charge on any atom is 0.225 e. The van der Waals surface area contributed by atoms with Gasteiger partial charge in [0, 0.05) is 19.0 Å². The number of rotatable bonds is 5. The third-order valence-electron chi connectivity index (χ3n) is 3.75. The Morgan fingerprint density at radius 2 is 1.95 bits per heavy atom. The first kappa shape index (κ1) is 17.0. The number of carbonyl (C=O) groups excluding carboxylic acids is 1. The van der Waals surface area contributed by atoms with E-state index in [1.165, 1.54) is 0 Å². The van der Waals surface area contributed by atoms with E-state index in [4.69, 9.17) is 11.6 Å². The Morgan fingerprint density at radius 3 is 2.50 bits per heavy atom. The van der Waals surface area contributed by atoms with Crippen molar-refractivity contribution in [1.82, 2.24) is 4.90 Å². The largest absolute Gasteiger partial charge is 0.325 e. The molecular formula is C16H25ClN2O. The molecule has 1 N–H and O–H groups in total. The first-order valence-corrected chi connectivity index (χ1v) is 7.34. The topological polar surface area (TPSA) is 32.3 Å². The summed E-state index contributed by atoms with van der Waals surface area (Å²) in [6, 6.07) is 7.69. The second-order valence-electron chi connectivity index (χ2n) is 6.30. The number of nitrogens with one attached hydrogen (secondary N) is 1. The van der Waals surface area contributed by atoms with Crippen molar-refractivity contribution in [2.45, 2.75) is 40.2 Å². The first-order valence-electron chi connectivity index (χ1n) is 6.96. The highest BCUT2D eigenvalue weighted by Crippen LogP contribution is 2.23. The average Bonchev–Trinajstić information content (AvgIpc) is 2.36. The zero-order valence-electron chi connectivity index (χ0n) is 13.0. The van der Waals surface area contributed by atoms with Gasteiger partial charge in [0.15, 0.2) is 0 Å². The minimum atomic E-state index is -0.00828. The van der Waals surface area contributed by atoms with E-state index in [9.17, 15) is 4.79 Å². The number of para-hydroxylation sites is 1. The van der Waals surface area contributed by atoms with Gasteiger partial charge in [0.1, 0.15) is 0 Å². The molecule has 0 radical (unpaired) electrons. The summed E-state index contributed by atoms with van der Waals surface area (Å²) in [6.07, 6.45) is 0.460. The van der Waals surface area contributed by atoms with Gasteiger partial charge in [-0.3, -0.25) is 4.79 Å². The van der Waals surface area contributed by atoms with Crippen LogP contribution in [0.2, 0.25) is 5.02 Å². The fourth-order valence-electron chi connectivity index (χ4n) is 1.91. The molecule has 1 atom stereocenters. The molecule has 0 bridgehead atoms. The number of hydrogen-bond acceptors (Lipinski definition) is 2. The minimum Gasteiger partial charge on any atom is -0.325 e. The van der Waals surface area contributed by atoms with Crippen LogP contribution in [0.5, 0.6) is 0 Å². The molecule has 0 heterocycles. The van der Waals surface area contributed by atoms with Crippen LogP contribution in [0.3, 0.4) is 0 Å². The Hall–Kier alpha value is -1.06. The molecule has 112 valence electrons. The van der Waals surface area contributed by atoms with Crippen LogP contribution in [-0.2, 0) is 4.79 Å². The lowest BCUT2D eigenvalue weighted by atomic mass is 9.87. The second-order valence-corrected chi connectivity index (χ2v) is 6.71. The van der Waals surface area contributed by atoms with Crippen molar-refractivity contribution < 1.29 is 4.79 Å². The van der Waals surface area contributed by atoms with E-state index in [1.54, 1.807) is 6.07 Å². The molecule has 0 saturated heterocycles. The molecule has 1 rings (SSSR count). The van der Waals surface area contributed by atoms with Gasteiger partial charge < -0.3 is 10.2 Å². The molecule has 0 aliphatic rings. The summed E-state index contributed by atoms with van der Waals surface area (Å²) in [6.45, 7) is 9.54. The summed E-state index contributed by atoms with van der Waals surface area (Å²) in [5.41, 5.74) is 0.874. The SMILES string of the molecule is CC(N(C)CCC(=O)Nc1ccccc1Cl)C(C)(C)C. The van der Waals surface area contributed by atoms with Crippen LogP contribution >= 0.6 is 11.6 Å². The van der Waals surface area contributed by atoms with Crippen LogP contribution in [-0.4, -0.2) is 30.4 Å². The van der Waals surface area contributed by atoms with Crippen molar-refractivity contribution in [2.75, 3.05) is 18.9 Å². The Morgan fingerprint density at radius 1 is 1.35 bits per heavy atom. The molecule has 0 aliphatic heterocycles. The molecule has 0 aromatic heterocycles. The van der Waals surface area contributed by atoms with Crippen molar-refractivity contribution in [3.05, 3.63) is 29.3 Å². The Labute approximate surface area is 127 Å². The van der Waals surface area contributed by atoms with Crippen LogP contribution in [0.1, 0.15) is 34.1 Å². The molecule has 0 fully saturated rings. The van der Waals surface area contributed by atoms with Crippen molar-refractivity contribution >= 4 is 23.2 Å². The highest BCUT2D eigenvalue weighted by atomic mass is 35.5. The van der Waals surface area contributed by atoms with Crippen LogP contribution in [0.4, 0.5) is 5.69 Å². The fraction of sp³-hybridized carbons (Fsp3) is 0.562. The van der Waals surface area contributed by atoms with Crippen LogP contribution < -0.4 is 5.32 Å². The minimum absolute atomic E-state index is 0.00828. The van der Waals surface area contributed by atoms with Crippen LogP contribution in [0.15, 0.2) is 24.3 Å². The molecule has 1 amide bonds. The molecule has 1 unspecified atom stereocenters. The summed E-state index contributed by atoms with van der Waals surface area (Å²) in [5.74, 6) is -0.00828. The van der Waals surface area contributed by atoms with Crippen molar-refractivity contribution in [3.63, 3.8) is 0 Å². The van der Waals surface area contributed by atoms with E-state index in [-0.39, 0.29) is 11.3 Å². The van der Waals surface area contributed by atoms with Gasteiger partial charge in [0.2, 0.25) is 5.91 Å². The molecule has 0 aliphatic carbocycles. The quantitative estimate of drug-likeness (QED) is 0.889. The monoisotopic (exact) mass is 296 g/mol. The van der Waals surface area contributed by atoms with E-state index in [2.05, 4.69) is 45.0 Å². The second kappa shape index (κ2) is 7.09. The Balaban J connectivity index is 2.46. The highest BCUT2D eigenvalue weighted by molar-refractivity contribution is 6.33. The zero-order valence-corrected chi connectivity index (χ0v) is 13.8. The van der Waals surface area contributed by atoms with Gasteiger partial charge in [-0.25, -0.2) is 0 Å². The van der Waals surface area contributed by atoms with Gasteiger partial charge in [-0.05, 0) is 31.5 Å². The summed E-state index contributed by atoms with van der Waals surface area (Å²) in [7, 11) is 2.05. The third-order valence-corrected chi connectivity index (χ3v) is 4.08. The van der Waals surface area contributed by atoms with Crippen LogP contribution in [0.25, 0.3) is 0 Å². The number of hydrogen-bond donors (Lipinski definition) is 1. The van der Waals surface area contributed by atoms with Crippen molar-refractivity contribution in [1.29, 1.82) is 0 Å². The van der Waals surface area contributed by atoms with E-state index < -0.39 is 0 Å². The molecular weight excluding hydrogens is 272 g/mol. The number of carbonyl (C=O) groups is 1. The number of anilines is 1. The number of amides is 1. The van der Waals surface area contributed by atoms with Gasteiger partial charge in [0.25, 0.3) is 0 Å². The lowest BCUT2D eigenvalue weighted by molar-refractivity contribution is -0.116. The van der Waals surface area contributed by atoms with E-state index in [0.29, 0.717) is 23.2 Å². The van der Waals surface area contributed by atoms with Gasteiger partial charge in [-0.1, -0.05) is 44.5 Å². The average molecular weight is 297 g/mol. The third kappa shape index (κ3) is 5.14. The van der Waals surface area contributed by atoms with Gasteiger partial charge in [0.05, 0.1) is 10.7 Å². The summed E-state index contributed by atoms with van der Waals surface area (Å²) in [5, 5.41) is 3.41. The van der Waals surface area contributed by atoms with E-state index >= 15 is 0 Å². The van der Waals surface area contributed by atoms with E-state index in [0.717, 1.165) is 6.54 Å². The van der Waals surface area contributed by atoms with Crippen LogP contribution in [0, 0.1) is 5.41 Å². The Bertz CT molecular complexity index is 454. The van der Waals surface area contributed by atoms with Gasteiger partial charge in [-0.2, -0.15) is 0 Å². The summed E-state index contributed by atoms with van der Waals surface area (Å²) < 4.78 is 0. The Kier molecular flexibility index (Phi) is 6.03. The first-order chi connectivity index (χ1) is 9.21. The van der Waals surface area contributed by atoms with Gasteiger partial charge in [-0.15, -0.1) is 0 Å². The summed E-state index contributed by atoms with van der Waals surface area (Å²) in [4.78, 5) is 14.2. The predicted molar refractivity (Wildman–Crippen MR) is 86.2 cm³/mol. The zero-order chi connectivity index (χ0) is 15.3. The predicted octanol–water partition coefficient (Wildman–Crippen LogP) is 4.04. The van der Waals surface area contributed by atoms with E-state index in [1.807, 2.05) is 18.2 Å². The lowest BCUT2D eigenvalue weighted by Crippen LogP contribution is -2.40. The molecule has 1 aromatic carbocycles. The molecule has 20 heavy (non-hydrogen) atoms. The normalized spacial score (nSPS) is 13.3. The molecule has 3 nitrogen and oxygen atoms in total. The van der Waals surface area contributed by atoms with Gasteiger partial charge >= 0.3 is 0 Å². The number of nitrogens with zero attached hydrogens (tertiary/aromatic N) is 1. The maximum atomic E-state index is 11.9. The number of benzene rings is 1. The summed E-state index contributed by atoms with van der Waals surface area (Å²) >= 11 is 6.02. The highest BCUT2D eigenvalue weighted by Gasteiger charge is 2.23. The van der Waals surface area contributed by atoms with Crippen molar-refractivity contribution in [3.8, 4) is 0 Å². The molecule has 0 saturated carbocycles. The lowest BCUT2D eigenvalue weighted by Gasteiger charge is -2.35. The number of halogens is 1. The standard InChI is InChI=1S/C16H25ClN2O/c1-12(16(2,3)4)19(5)11-10-15(20)18-14-9-7-6-8-13(14)17/h6-9,12H,10-11H2,1-5H3,(H,18,20). The maximum absolute atomic E-state index is 11.9. The molecule has 0 spiro atoms. The molecule has 4 heteroatoms. The molecule has 1 aromatic rings. The van der Waals surface area contributed by atoms with Crippen molar-refractivity contribution in [2.24, 2.45) is 5.41 Å². The smallest absolute Gasteiger partial charge is 0.225 e.